The summed E-state index contributed by atoms with van der Waals surface area (Å²) in [6.45, 7) is 3.38. The van der Waals surface area contributed by atoms with Crippen molar-refractivity contribution in [2.45, 2.75) is 29.9 Å². The van der Waals surface area contributed by atoms with Crippen LogP contribution in [-0.4, -0.2) is 40.1 Å². The van der Waals surface area contributed by atoms with Crippen molar-refractivity contribution in [3.8, 4) is 11.1 Å². The predicted molar refractivity (Wildman–Crippen MR) is 143 cm³/mol. The Labute approximate surface area is 211 Å². The third kappa shape index (κ3) is 5.10. The molecule has 0 bridgehead atoms. The van der Waals surface area contributed by atoms with Gasteiger partial charge in [-0.2, -0.15) is 0 Å². The maximum Gasteiger partial charge on any atom is 0.175 e. The topological polar surface area (TPSA) is 98.2 Å². The third-order valence-corrected chi connectivity index (χ3v) is 9.75. The highest BCUT2D eigenvalue weighted by molar-refractivity contribution is 7.91. The highest BCUT2D eigenvalue weighted by Crippen LogP contribution is 2.36. The minimum Gasteiger partial charge on any atom is -0.294 e. The van der Waals surface area contributed by atoms with Gasteiger partial charge < -0.3 is 0 Å². The molecule has 0 amide bonds. The van der Waals surface area contributed by atoms with Gasteiger partial charge in [-0.15, -0.1) is 0 Å². The van der Waals surface area contributed by atoms with E-state index in [9.17, 15) is 21.6 Å². The smallest absolute Gasteiger partial charge is 0.175 e. The summed E-state index contributed by atoms with van der Waals surface area (Å²) in [7, 11) is -6.73. The normalized spacial score (nSPS) is 12.6. The van der Waals surface area contributed by atoms with Gasteiger partial charge in [0.15, 0.2) is 25.5 Å². The molecule has 0 fully saturated rings. The number of aromatic nitrogens is 1. The molecule has 4 aromatic rings. The quantitative estimate of drug-likeness (QED) is 0.317. The second-order valence-electron chi connectivity index (χ2n) is 9.48. The molecule has 0 saturated heterocycles. The van der Waals surface area contributed by atoms with Crippen molar-refractivity contribution < 1.29 is 21.6 Å². The van der Waals surface area contributed by atoms with E-state index in [0.29, 0.717) is 11.1 Å². The van der Waals surface area contributed by atoms with E-state index in [1.807, 2.05) is 48.5 Å². The maximum absolute atomic E-state index is 12.9. The Bertz CT molecular complexity index is 1690. The van der Waals surface area contributed by atoms with Gasteiger partial charge in [0.25, 0.3) is 0 Å². The molecule has 0 atom stereocenters. The number of pyridine rings is 1. The molecule has 6 nitrogen and oxygen atoms in total. The minimum absolute atomic E-state index is 0.131. The molecule has 0 saturated carbocycles. The summed E-state index contributed by atoms with van der Waals surface area (Å²) in [4.78, 5) is 17.6. The summed E-state index contributed by atoms with van der Waals surface area (Å²) in [6, 6.07) is 20.9. The van der Waals surface area contributed by atoms with Crippen molar-refractivity contribution in [3.63, 3.8) is 0 Å². The van der Waals surface area contributed by atoms with Gasteiger partial charge in [-0.25, -0.2) is 16.8 Å². The Kier molecular flexibility index (Phi) is 6.62. The van der Waals surface area contributed by atoms with Crippen LogP contribution in [0.4, 0.5) is 0 Å². The molecule has 8 heteroatoms. The molecule has 3 aromatic carbocycles. The van der Waals surface area contributed by atoms with Crippen molar-refractivity contribution in [2.75, 3.05) is 12.5 Å². The lowest BCUT2D eigenvalue weighted by Crippen LogP contribution is -2.28. The van der Waals surface area contributed by atoms with Gasteiger partial charge in [0, 0.05) is 41.6 Å². The highest BCUT2D eigenvalue weighted by atomic mass is 32.2. The van der Waals surface area contributed by atoms with E-state index >= 15 is 0 Å². The number of ketones is 1. The molecule has 186 valence electrons. The molecule has 0 N–H and O–H groups in total. The first kappa shape index (κ1) is 25.7. The number of carbonyl (C=O) groups is 1. The van der Waals surface area contributed by atoms with Crippen molar-refractivity contribution in [1.29, 1.82) is 0 Å². The monoisotopic (exact) mass is 521 g/mol. The molecular weight excluding hydrogens is 494 g/mol. The van der Waals surface area contributed by atoms with E-state index in [-0.39, 0.29) is 17.1 Å². The molecule has 0 unspecified atom stereocenters. The maximum atomic E-state index is 12.9. The predicted octanol–water partition coefficient (Wildman–Crippen LogP) is 5.01. The molecule has 0 aliphatic carbocycles. The Morgan fingerprint density at radius 2 is 1.56 bits per heavy atom. The van der Waals surface area contributed by atoms with E-state index in [1.54, 1.807) is 20.0 Å². The summed E-state index contributed by atoms with van der Waals surface area (Å²) in [5.74, 6) is -0.137. The average molecular weight is 522 g/mol. The summed E-state index contributed by atoms with van der Waals surface area (Å²) in [5.41, 5.74) is 4.21. The van der Waals surface area contributed by atoms with Gasteiger partial charge in [-0.3, -0.25) is 9.78 Å². The van der Waals surface area contributed by atoms with Gasteiger partial charge in [0.2, 0.25) is 0 Å². The van der Waals surface area contributed by atoms with Crippen LogP contribution in [0.25, 0.3) is 22.0 Å². The largest absolute Gasteiger partial charge is 0.294 e. The molecule has 0 radical (unpaired) electrons. The van der Waals surface area contributed by atoms with Crippen LogP contribution in [0, 0.1) is 0 Å². The van der Waals surface area contributed by atoms with Crippen LogP contribution in [0.3, 0.4) is 0 Å². The number of Topliss-reactive ketones (excluding diaryl/α,β-unsaturated/α-hetero) is 1. The number of rotatable bonds is 7. The minimum atomic E-state index is -3.39. The number of hydrogen-bond acceptors (Lipinski definition) is 6. The van der Waals surface area contributed by atoms with E-state index in [0.717, 1.165) is 33.8 Å². The Morgan fingerprint density at radius 1 is 0.861 bits per heavy atom. The SMILES string of the molecule is CC(C)(c1cc(-c2cccc(CC(=O)c3ccc(S(C)(=O)=O)cc3)c2)c2ncccc2c1)S(C)(=O)=O. The van der Waals surface area contributed by atoms with Crippen molar-refractivity contribution in [1.82, 2.24) is 4.98 Å². The Morgan fingerprint density at radius 3 is 2.19 bits per heavy atom. The van der Waals surface area contributed by atoms with Gasteiger partial charge in [-0.1, -0.05) is 42.5 Å². The lowest BCUT2D eigenvalue weighted by Gasteiger charge is -2.24. The Hall–Kier alpha value is -3.36. The summed E-state index contributed by atoms with van der Waals surface area (Å²) < 4.78 is 47.3. The molecule has 0 spiro atoms. The van der Waals surface area contributed by atoms with E-state index in [2.05, 4.69) is 4.98 Å². The fraction of sp³-hybridized carbons (Fsp3) is 0.214. The number of fused-ring (bicyclic) bond motifs is 1. The van der Waals surface area contributed by atoms with E-state index in [4.69, 9.17) is 0 Å². The summed E-state index contributed by atoms with van der Waals surface area (Å²) in [6.07, 6.45) is 4.18. The molecule has 4 rings (SSSR count). The lowest BCUT2D eigenvalue weighted by molar-refractivity contribution is 0.0993. The zero-order valence-electron chi connectivity index (χ0n) is 20.5. The molecule has 1 aromatic heterocycles. The lowest BCUT2D eigenvalue weighted by atomic mass is 9.92. The van der Waals surface area contributed by atoms with Gasteiger partial charge in [0.05, 0.1) is 15.2 Å². The first-order chi connectivity index (χ1) is 16.8. The zero-order valence-corrected chi connectivity index (χ0v) is 22.2. The Balaban J connectivity index is 1.74. The van der Waals surface area contributed by atoms with Crippen molar-refractivity contribution in [3.05, 3.63) is 95.7 Å². The number of nitrogens with zero attached hydrogens (tertiary/aromatic N) is 1. The van der Waals surface area contributed by atoms with Crippen molar-refractivity contribution >= 4 is 36.4 Å². The van der Waals surface area contributed by atoms with Crippen molar-refractivity contribution in [2.24, 2.45) is 0 Å². The fourth-order valence-corrected chi connectivity index (χ4v) is 5.17. The number of hydrogen-bond donors (Lipinski definition) is 0. The third-order valence-electron chi connectivity index (χ3n) is 6.53. The van der Waals surface area contributed by atoms with E-state index in [1.165, 1.54) is 30.5 Å². The summed E-state index contributed by atoms with van der Waals surface area (Å²) >= 11 is 0. The second-order valence-corrected chi connectivity index (χ2v) is 14.1. The average Bonchev–Trinajstić information content (AvgIpc) is 2.82. The second kappa shape index (κ2) is 9.26. The molecule has 36 heavy (non-hydrogen) atoms. The molecule has 1 heterocycles. The standard InChI is InChI=1S/C28H27NO5S2/c1-28(2,36(4,33)34)23-17-22-9-6-14-29-27(22)25(18-23)21-8-5-7-19(15-21)16-26(30)20-10-12-24(13-11-20)35(3,31)32/h5-15,17-18H,16H2,1-4H3. The fourth-order valence-electron chi connectivity index (χ4n) is 4.00. The van der Waals surface area contributed by atoms with Crippen LogP contribution in [-0.2, 0) is 30.8 Å². The van der Waals surface area contributed by atoms with Crippen LogP contribution in [0.15, 0.2) is 83.9 Å². The highest BCUT2D eigenvalue weighted by Gasteiger charge is 2.33. The molecular formula is C28H27NO5S2. The van der Waals surface area contributed by atoms with Crippen LogP contribution in [0.5, 0.6) is 0 Å². The van der Waals surface area contributed by atoms with Gasteiger partial charge in [-0.05, 0) is 60.9 Å². The first-order valence-corrected chi connectivity index (χ1v) is 15.1. The van der Waals surface area contributed by atoms with Crippen LogP contribution in [0.1, 0.15) is 35.3 Å². The van der Waals surface area contributed by atoms with Crippen LogP contribution in [0.2, 0.25) is 0 Å². The number of benzene rings is 3. The zero-order chi connectivity index (χ0) is 26.3. The number of sulfone groups is 2. The van der Waals surface area contributed by atoms with E-state index < -0.39 is 24.4 Å². The number of carbonyl (C=O) groups excluding carboxylic acids is 1. The van der Waals surface area contributed by atoms with Crippen LogP contribution >= 0.6 is 0 Å². The first-order valence-electron chi connectivity index (χ1n) is 11.3. The summed E-state index contributed by atoms with van der Waals surface area (Å²) in [5, 5.41) is 0.828. The van der Waals surface area contributed by atoms with Gasteiger partial charge in [0.1, 0.15) is 0 Å². The van der Waals surface area contributed by atoms with Gasteiger partial charge >= 0.3 is 0 Å². The molecule has 0 aliphatic heterocycles. The molecule has 0 aliphatic rings. The van der Waals surface area contributed by atoms with Crippen LogP contribution < -0.4 is 0 Å².